The highest BCUT2D eigenvalue weighted by atomic mass is 19.4. The first-order valence-corrected chi connectivity index (χ1v) is 3.79. The van der Waals surface area contributed by atoms with Crippen molar-refractivity contribution >= 4 is 5.97 Å². The normalized spacial score (nSPS) is 15.3. The fraction of sp³-hybridized carbons (Fsp3) is 0.875. The SMILES string of the molecule is CC(=O)O[C@H](C(C)(C)C)C(F)(F)F. The summed E-state index contributed by atoms with van der Waals surface area (Å²) in [7, 11) is 0. The molecule has 0 radical (unpaired) electrons. The molecule has 78 valence electrons. The second-order valence-electron chi connectivity index (χ2n) is 3.90. The van der Waals surface area contributed by atoms with E-state index in [1.54, 1.807) is 0 Å². The molecule has 0 bridgehead atoms. The van der Waals surface area contributed by atoms with Gasteiger partial charge in [-0.25, -0.2) is 0 Å². The topological polar surface area (TPSA) is 26.3 Å². The molecular weight excluding hydrogens is 185 g/mol. The zero-order valence-corrected chi connectivity index (χ0v) is 8.03. The molecule has 0 aromatic rings. The van der Waals surface area contributed by atoms with E-state index < -0.39 is 23.7 Å². The molecule has 5 heteroatoms. The molecule has 0 fully saturated rings. The first-order chi connectivity index (χ1) is 5.55. The van der Waals surface area contributed by atoms with E-state index >= 15 is 0 Å². The van der Waals surface area contributed by atoms with Gasteiger partial charge in [0.2, 0.25) is 6.10 Å². The number of carbonyl (C=O) groups is 1. The minimum absolute atomic E-state index is 0.919. The van der Waals surface area contributed by atoms with Crippen LogP contribution in [0.2, 0.25) is 0 Å². The number of alkyl halides is 3. The predicted octanol–water partition coefficient (Wildman–Crippen LogP) is 2.53. The van der Waals surface area contributed by atoms with Crippen molar-refractivity contribution in [2.45, 2.75) is 40.0 Å². The molecule has 0 aromatic carbocycles. The highest BCUT2D eigenvalue weighted by molar-refractivity contribution is 5.66. The molecule has 0 saturated heterocycles. The van der Waals surface area contributed by atoms with Crippen LogP contribution in [0, 0.1) is 5.41 Å². The molecular formula is C8H13F3O2. The molecule has 1 atom stereocenters. The van der Waals surface area contributed by atoms with E-state index in [9.17, 15) is 18.0 Å². The van der Waals surface area contributed by atoms with Gasteiger partial charge in [0, 0.05) is 12.3 Å². The van der Waals surface area contributed by atoms with Gasteiger partial charge in [-0.05, 0) is 0 Å². The van der Waals surface area contributed by atoms with Crippen molar-refractivity contribution in [1.82, 2.24) is 0 Å². The van der Waals surface area contributed by atoms with E-state index in [2.05, 4.69) is 4.74 Å². The average Bonchev–Trinajstić information content (AvgIpc) is 1.77. The van der Waals surface area contributed by atoms with E-state index in [1.807, 2.05) is 0 Å². The molecule has 0 unspecified atom stereocenters. The van der Waals surface area contributed by atoms with Crippen LogP contribution >= 0.6 is 0 Å². The van der Waals surface area contributed by atoms with Crippen molar-refractivity contribution in [1.29, 1.82) is 0 Å². The number of carbonyl (C=O) groups excluding carboxylic acids is 1. The van der Waals surface area contributed by atoms with Crippen LogP contribution < -0.4 is 0 Å². The van der Waals surface area contributed by atoms with Gasteiger partial charge in [-0.15, -0.1) is 0 Å². The maximum absolute atomic E-state index is 12.3. The van der Waals surface area contributed by atoms with E-state index in [0.29, 0.717) is 0 Å². The molecule has 0 saturated carbocycles. The number of hydrogen-bond donors (Lipinski definition) is 0. The molecule has 0 amide bonds. The molecule has 0 N–H and O–H groups in total. The summed E-state index contributed by atoms with van der Waals surface area (Å²) in [6.07, 6.45) is -6.55. The minimum atomic E-state index is -4.51. The third-order valence-electron chi connectivity index (χ3n) is 1.37. The van der Waals surface area contributed by atoms with Crippen LogP contribution in [0.1, 0.15) is 27.7 Å². The molecule has 0 heterocycles. The number of halogens is 3. The molecule has 0 aromatic heterocycles. The van der Waals surface area contributed by atoms with Gasteiger partial charge in [0.25, 0.3) is 0 Å². The molecule has 2 nitrogen and oxygen atoms in total. The Balaban J connectivity index is 4.68. The number of rotatable bonds is 1. The Labute approximate surface area is 75.1 Å². The van der Waals surface area contributed by atoms with Gasteiger partial charge < -0.3 is 4.74 Å². The number of esters is 1. The van der Waals surface area contributed by atoms with E-state index in [4.69, 9.17) is 0 Å². The van der Waals surface area contributed by atoms with Crippen LogP contribution in [-0.2, 0) is 9.53 Å². The summed E-state index contributed by atoms with van der Waals surface area (Å²) in [5.74, 6) is -0.919. The fourth-order valence-electron chi connectivity index (χ4n) is 0.901. The van der Waals surface area contributed by atoms with Crippen molar-refractivity contribution in [2.75, 3.05) is 0 Å². The maximum atomic E-state index is 12.3. The summed E-state index contributed by atoms with van der Waals surface area (Å²) < 4.78 is 41.1. The molecule has 13 heavy (non-hydrogen) atoms. The Morgan fingerprint density at radius 3 is 1.69 bits per heavy atom. The van der Waals surface area contributed by atoms with Crippen LogP contribution in [0.25, 0.3) is 0 Å². The third-order valence-corrected chi connectivity index (χ3v) is 1.37. The van der Waals surface area contributed by atoms with Gasteiger partial charge in [-0.2, -0.15) is 13.2 Å². The summed E-state index contributed by atoms with van der Waals surface area (Å²) >= 11 is 0. The molecule has 0 rings (SSSR count). The second kappa shape index (κ2) is 3.55. The highest BCUT2D eigenvalue weighted by Gasteiger charge is 2.49. The number of hydrogen-bond acceptors (Lipinski definition) is 2. The van der Waals surface area contributed by atoms with Gasteiger partial charge in [0.1, 0.15) is 0 Å². The van der Waals surface area contributed by atoms with Crippen LogP contribution in [0.3, 0.4) is 0 Å². The predicted molar refractivity (Wildman–Crippen MR) is 41.1 cm³/mol. The summed E-state index contributed by atoms with van der Waals surface area (Å²) in [6, 6.07) is 0. The summed E-state index contributed by atoms with van der Waals surface area (Å²) in [5, 5.41) is 0. The standard InChI is InChI=1S/C8H13F3O2/c1-5(12)13-6(7(2,3)4)8(9,10)11/h6H,1-4H3/t6-/m1/s1. The van der Waals surface area contributed by atoms with Crippen molar-refractivity contribution in [3.8, 4) is 0 Å². The Bertz CT molecular complexity index is 177. The van der Waals surface area contributed by atoms with Crippen LogP contribution in [0.4, 0.5) is 13.2 Å². The number of ether oxygens (including phenoxy) is 1. The van der Waals surface area contributed by atoms with E-state index in [1.165, 1.54) is 20.8 Å². The van der Waals surface area contributed by atoms with Gasteiger partial charge in [-0.3, -0.25) is 4.79 Å². The molecule has 0 aliphatic rings. The van der Waals surface area contributed by atoms with E-state index in [0.717, 1.165) is 6.92 Å². The lowest BCUT2D eigenvalue weighted by atomic mass is 9.88. The lowest BCUT2D eigenvalue weighted by molar-refractivity contribution is -0.243. The quantitative estimate of drug-likeness (QED) is 0.605. The first kappa shape index (κ1) is 12.3. The van der Waals surface area contributed by atoms with Crippen molar-refractivity contribution in [3.05, 3.63) is 0 Å². The first-order valence-electron chi connectivity index (χ1n) is 3.79. The zero-order valence-electron chi connectivity index (χ0n) is 8.03. The zero-order chi connectivity index (χ0) is 10.9. The molecule has 0 aliphatic heterocycles. The third kappa shape index (κ3) is 4.15. The minimum Gasteiger partial charge on any atom is -0.452 e. The highest BCUT2D eigenvalue weighted by Crippen LogP contribution is 2.35. The lowest BCUT2D eigenvalue weighted by Gasteiger charge is -2.31. The monoisotopic (exact) mass is 198 g/mol. The maximum Gasteiger partial charge on any atom is 0.426 e. The molecule has 0 aliphatic carbocycles. The smallest absolute Gasteiger partial charge is 0.426 e. The van der Waals surface area contributed by atoms with Gasteiger partial charge in [0.15, 0.2) is 0 Å². The molecule has 0 spiro atoms. The van der Waals surface area contributed by atoms with Crippen molar-refractivity contribution < 1.29 is 22.7 Å². The van der Waals surface area contributed by atoms with E-state index in [-0.39, 0.29) is 0 Å². The summed E-state index contributed by atoms with van der Waals surface area (Å²) in [6.45, 7) is 5.07. The Hall–Kier alpha value is -0.740. The van der Waals surface area contributed by atoms with Crippen LogP contribution in [0.15, 0.2) is 0 Å². The Morgan fingerprint density at radius 2 is 1.62 bits per heavy atom. The summed E-state index contributed by atoms with van der Waals surface area (Å²) in [5.41, 5.74) is -1.13. The Morgan fingerprint density at radius 1 is 1.23 bits per heavy atom. The van der Waals surface area contributed by atoms with Gasteiger partial charge in [-0.1, -0.05) is 20.8 Å². The van der Waals surface area contributed by atoms with Crippen molar-refractivity contribution in [2.24, 2.45) is 5.41 Å². The van der Waals surface area contributed by atoms with Crippen molar-refractivity contribution in [3.63, 3.8) is 0 Å². The Kier molecular flexibility index (Phi) is 3.35. The van der Waals surface area contributed by atoms with Crippen LogP contribution in [-0.4, -0.2) is 18.2 Å². The lowest BCUT2D eigenvalue weighted by Crippen LogP contribution is -2.43. The van der Waals surface area contributed by atoms with Gasteiger partial charge in [0.05, 0.1) is 0 Å². The largest absolute Gasteiger partial charge is 0.452 e. The van der Waals surface area contributed by atoms with Gasteiger partial charge >= 0.3 is 12.1 Å². The summed E-state index contributed by atoms with van der Waals surface area (Å²) in [4.78, 5) is 10.4. The van der Waals surface area contributed by atoms with Crippen LogP contribution in [0.5, 0.6) is 0 Å². The second-order valence-corrected chi connectivity index (χ2v) is 3.90. The average molecular weight is 198 g/mol. The fourth-order valence-corrected chi connectivity index (χ4v) is 0.901.